The summed E-state index contributed by atoms with van der Waals surface area (Å²) in [4.78, 5) is 11.8. The predicted molar refractivity (Wildman–Crippen MR) is 69.2 cm³/mol. The highest BCUT2D eigenvalue weighted by Crippen LogP contribution is 2.15. The van der Waals surface area contributed by atoms with E-state index >= 15 is 0 Å². The second-order valence-electron chi connectivity index (χ2n) is 4.16. The van der Waals surface area contributed by atoms with Gasteiger partial charge >= 0.3 is 0 Å². The van der Waals surface area contributed by atoms with Crippen LogP contribution < -0.4 is 4.74 Å². The van der Waals surface area contributed by atoms with Gasteiger partial charge in [-0.05, 0) is 26.0 Å². The number of hydrogen-bond donors (Lipinski definition) is 0. The summed E-state index contributed by atoms with van der Waals surface area (Å²) in [7, 11) is 1.60. The normalized spacial score (nSPS) is 10.7. The smallest absolute Gasteiger partial charge is 0.188 e. The summed E-state index contributed by atoms with van der Waals surface area (Å²) in [5.41, 5.74) is 0.602. The molecule has 0 spiro atoms. The number of ether oxygens (including phenoxy) is 3. The van der Waals surface area contributed by atoms with Crippen LogP contribution in [-0.4, -0.2) is 38.8 Å². The molecule has 0 bridgehead atoms. The maximum atomic E-state index is 11.8. The minimum Gasteiger partial charge on any atom is -0.491 e. The van der Waals surface area contributed by atoms with Crippen molar-refractivity contribution in [2.75, 3.05) is 26.9 Å². The van der Waals surface area contributed by atoms with Crippen LogP contribution in [0.4, 0.5) is 0 Å². The molecule has 0 saturated carbocycles. The third kappa shape index (κ3) is 5.29. The van der Waals surface area contributed by atoms with Crippen LogP contribution in [0.3, 0.4) is 0 Å². The highest BCUT2D eigenvalue weighted by Gasteiger charge is 2.07. The van der Waals surface area contributed by atoms with Crippen molar-refractivity contribution in [1.82, 2.24) is 0 Å². The average Bonchev–Trinajstić information content (AvgIpc) is 2.34. The Hall–Kier alpha value is -1.39. The fourth-order valence-electron chi connectivity index (χ4n) is 1.41. The lowest BCUT2D eigenvalue weighted by molar-refractivity contribution is 0.0576. The number of benzene rings is 1. The summed E-state index contributed by atoms with van der Waals surface area (Å²) in [5.74, 6) is 0.646. The van der Waals surface area contributed by atoms with Crippen molar-refractivity contribution >= 4 is 5.78 Å². The summed E-state index contributed by atoms with van der Waals surface area (Å²) in [6, 6.07) is 7.14. The lowest BCUT2D eigenvalue weighted by Crippen LogP contribution is -2.12. The van der Waals surface area contributed by atoms with Gasteiger partial charge in [-0.1, -0.05) is 12.1 Å². The number of methoxy groups -OCH3 is 1. The van der Waals surface area contributed by atoms with E-state index in [2.05, 4.69) is 0 Å². The molecule has 0 amide bonds. The second-order valence-corrected chi connectivity index (χ2v) is 4.16. The molecule has 0 saturated heterocycles. The van der Waals surface area contributed by atoms with E-state index in [-0.39, 0.29) is 18.5 Å². The molecule has 0 aliphatic heterocycles. The molecular weight excluding hydrogens is 232 g/mol. The lowest BCUT2D eigenvalue weighted by atomic mass is 10.1. The number of carbonyl (C=O) groups is 1. The minimum absolute atomic E-state index is 0.0553. The molecule has 0 fully saturated rings. The highest BCUT2D eigenvalue weighted by molar-refractivity contribution is 5.97. The molecule has 0 unspecified atom stereocenters. The van der Waals surface area contributed by atoms with Crippen LogP contribution >= 0.6 is 0 Å². The number of carbonyl (C=O) groups excluding carboxylic acids is 1. The molecule has 4 nitrogen and oxygen atoms in total. The van der Waals surface area contributed by atoms with Gasteiger partial charge in [0, 0.05) is 12.7 Å². The lowest BCUT2D eigenvalue weighted by Gasteiger charge is -2.10. The number of Topliss-reactive ketones (excluding diaryl/α,β-unsaturated/α-hetero) is 1. The Morgan fingerprint density at radius 1 is 1.28 bits per heavy atom. The summed E-state index contributed by atoms with van der Waals surface area (Å²) < 4.78 is 15.6. The van der Waals surface area contributed by atoms with E-state index in [0.717, 1.165) is 0 Å². The van der Waals surface area contributed by atoms with Crippen molar-refractivity contribution in [1.29, 1.82) is 0 Å². The Bertz CT molecular complexity index is 374. The van der Waals surface area contributed by atoms with E-state index in [1.165, 1.54) is 0 Å². The highest BCUT2D eigenvalue weighted by atomic mass is 16.5. The molecule has 0 atom stereocenters. The van der Waals surface area contributed by atoms with Gasteiger partial charge in [-0.3, -0.25) is 4.79 Å². The van der Waals surface area contributed by atoms with Crippen molar-refractivity contribution < 1.29 is 19.0 Å². The van der Waals surface area contributed by atoms with Crippen LogP contribution in [0.5, 0.6) is 5.75 Å². The Morgan fingerprint density at radius 3 is 2.72 bits per heavy atom. The van der Waals surface area contributed by atoms with Gasteiger partial charge in [0.1, 0.15) is 12.4 Å². The van der Waals surface area contributed by atoms with Crippen LogP contribution in [0.1, 0.15) is 24.2 Å². The summed E-state index contributed by atoms with van der Waals surface area (Å²) in [6.07, 6.45) is 0.0910. The van der Waals surface area contributed by atoms with Crippen molar-refractivity contribution in [3.63, 3.8) is 0 Å². The molecule has 0 N–H and O–H groups in total. The Labute approximate surface area is 108 Å². The molecule has 0 radical (unpaired) electrons. The Morgan fingerprint density at radius 2 is 2.06 bits per heavy atom. The van der Waals surface area contributed by atoms with Gasteiger partial charge in [0.25, 0.3) is 0 Å². The van der Waals surface area contributed by atoms with E-state index in [1.807, 2.05) is 19.9 Å². The molecule has 4 heteroatoms. The van der Waals surface area contributed by atoms with E-state index in [1.54, 1.807) is 25.3 Å². The van der Waals surface area contributed by atoms with Crippen molar-refractivity contribution in [2.45, 2.75) is 20.0 Å². The Balaban J connectivity index is 2.51. The van der Waals surface area contributed by atoms with Gasteiger partial charge in [-0.15, -0.1) is 0 Å². The molecular formula is C14H20O4. The fourth-order valence-corrected chi connectivity index (χ4v) is 1.41. The maximum absolute atomic E-state index is 11.8. The quantitative estimate of drug-likeness (QED) is 0.526. The van der Waals surface area contributed by atoms with Crippen molar-refractivity contribution in [2.24, 2.45) is 0 Å². The number of hydrogen-bond acceptors (Lipinski definition) is 4. The van der Waals surface area contributed by atoms with Gasteiger partial charge in [-0.25, -0.2) is 0 Å². The second kappa shape index (κ2) is 7.84. The molecule has 100 valence electrons. The summed E-state index contributed by atoms with van der Waals surface area (Å²) >= 11 is 0. The van der Waals surface area contributed by atoms with E-state index in [4.69, 9.17) is 14.2 Å². The zero-order valence-corrected chi connectivity index (χ0v) is 11.1. The first-order chi connectivity index (χ1) is 8.63. The predicted octanol–water partition coefficient (Wildman–Crippen LogP) is 2.32. The zero-order valence-electron chi connectivity index (χ0n) is 11.1. The monoisotopic (exact) mass is 252 g/mol. The molecule has 0 aliphatic rings. The maximum Gasteiger partial charge on any atom is 0.188 e. The van der Waals surface area contributed by atoms with Crippen LogP contribution in [0, 0.1) is 0 Å². The Kier molecular flexibility index (Phi) is 6.39. The zero-order chi connectivity index (χ0) is 13.4. The van der Waals surface area contributed by atoms with E-state index in [0.29, 0.717) is 24.5 Å². The van der Waals surface area contributed by atoms with Gasteiger partial charge in [0.15, 0.2) is 5.78 Å². The van der Waals surface area contributed by atoms with Crippen LogP contribution in [0.15, 0.2) is 24.3 Å². The molecule has 1 aromatic carbocycles. The standard InChI is InChI=1S/C14H20O4/c1-11(2)18-13-6-4-5-12(9-13)14(15)10-17-8-7-16-3/h4-6,9,11H,7-8,10H2,1-3H3. The van der Waals surface area contributed by atoms with E-state index < -0.39 is 0 Å². The van der Waals surface area contributed by atoms with Crippen LogP contribution in [0.2, 0.25) is 0 Å². The van der Waals surface area contributed by atoms with Crippen molar-refractivity contribution in [3.8, 4) is 5.75 Å². The topological polar surface area (TPSA) is 44.8 Å². The van der Waals surface area contributed by atoms with Gasteiger partial charge in [0.2, 0.25) is 0 Å². The van der Waals surface area contributed by atoms with E-state index in [9.17, 15) is 4.79 Å². The van der Waals surface area contributed by atoms with Gasteiger partial charge in [0.05, 0.1) is 19.3 Å². The minimum atomic E-state index is -0.0553. The fraction of sp³-hybridized carbons (Fsp3) is 0.500. The van der Waals surface area contributed by atoms with Crippen LogP contribution in [-0.2, 0) is 9.47 Å². The summed E-state index contributed by atoms with van der Waals surface area (Å²) in [5, 5.41) is 0. The third-order valence-electron chi connectivity index (χ3n) is 2.19. The molecule has 0 aliphatic carbocycles. The van der Waals surface area contributed by atoms with Gasteiger partial charge < -0.3 is 14.2 Å². The van der Waals surface area contributed by atoms with Gasteiger partial charge in [-0.2, -0.15) is 0 Å². The first-order valence-electron chi connectivity index (χ1n) is 6.00. The van der Waals surface area contributed by atoms with Crippen LogP contribution in [0.25, 0.3) is 0 Å². The SMILES string of the molecule is COCCOCC(=O)c1cccc(OC(C)C)c1. The largest absolute Gasteiger partial charge is 0.491 e. The number of rotatable bonds is 8. The first-order valence-corrected chi connectivity index (χ1v) is 6.00. The summed E-state index contributed by atoms with van der Waals surface area (Å²) in [6.45, 7) is 4.87. The number of ketones is 1. The third-order valence-corrected chi connectivity index (χ3v) is 2.19. The molecule has 18 heavy (non-hydrogen) atoms. The average molecular weight is 252 g/mol. The first kappa shape index (κ1) is 14.7. The molecule has 0 heterocycles. The molecule has 1 rings (SSSR count). The molecule has 0 aromatic heterocycles. The van der Waals surface area contributed by atoms with Crippen molar-refractivity contribution in [3.05, 3.63) is 29.8 Å². The molecule has 1 aromatic rings.